The van der Waals surface area contributed by atoms with E-state index in [0.29, 0.717) is 5.69 Å². The number of halogens is 3. The van der Waals surface area contributed by atoms with E-state index in [2.05, 4.69) is 10.3 Å². The summed E-state index contributed by atoms with van der Waals surface area (Å²) in [6, 6.07) is 3.47. The third kappa shape index (κ3) is 6.40. The SMILES string of the molecule is CCNc1ccnc(CN(CCO)CC(F)(F)F)c1. The van der Waals surface area contributed by atoms with Gasteiger partial charge in [-0.3, -0.25) is 9.88 Å². The predicted octanol–water partition coefficient (Wildman–Crippen LogP) is 1.87. The molecule has 19 heavy (non-hydrogen) atoms. The first-order valence-corrected chi connectivity index (χ1v) is 6.03. The van der Waals surface area contributed by atoms with Crippen molar-refractivity contribution >= 4 is 5.69 Å². The summed E-state index contributed by atoms with van der Waals surface area (Å²) in [6.45, 7) is 1.31. The molecule has 0 bridgehead atoms. The third-order valence-corrected chi connectivity index (χ3v) is 2.40. The molecule has 1 aromatic heterocycles. The molecule has 0 unspecified atom stereocenters. The lowest BCUT2D eigenvalue weighted by molar-refractivity contribution is -0.148. The number of hydrogen-bond acceptors (Lipinski definition) is 4. The second-order valence-electron chi connectivity index (χ2n) is 4.12. The van der Waals surface area contributed by atoms with Crippen LogP contribution in [0.5, 0.6) is 0 Å². The maximum absolute atomic E-state index is 12.4. The molecule has 0 aliphatic heterocycles. The van der Waals surface area contributed by atoms with Gasteiger partial charge in [-0.25, -0.2) is 0 Å². The Morgan fingerprint density at radius 2 is 2.16 bits per heavy atom. The summed E-state index contributed by atoms with van der Waals surface area (Å²) < 4.78 is 37.1. The van der Waals surface area contributed by atoms with Crippen molar-refractivity contribution in [3.63, 3.8) is 0 Å². The monoisotopic (exact) mass is 277 g/mol. The highest BCUT2D eigenvalue weighted by Gasteiger charge is 2.30. The van der Waals surface area contributed by atoms with Crippen molar-refractivity contribution in [3.8, 4) is 0 Å². The summed E-state index contributed by atoms with van der Waals surface area (Å²) in [4.78, 5) is 5.17. The average molecular weight is 277 g/mol. The summed E-state index contributed by atoms with van der Waals surface area (Å²) >= 11 is 0. The van der Waals surface area contributed by atoms with Crippen LogP contribution in [0, 0.1) is 0 Å². The fraction of sp³-hybridized carbons (Fsp3) is 0.583. The van der Waals surface area contributed by atoms with E-state index < -0.39 is 12.7 Å². The highest BCUT2D eigenvalue weighted by molar-refractivity contribution is 5.42. The van der Waals surface area contributed by atoms with Crippen LogP contribution in [0.25, 0.3) is 0 Å². The molecule has 0 saturated heterocycles. The van der Waals surface area contributed by atoms with Crippen LogP contribution in [0.3, 0.4) is 0 Å². The minimum absolute atomic E-state index is 0.0351. The fourth-order valence-electron chi connectivity index (χ4n) is 1.72. The van der Waals surface area contributed by atoms with E-state index >= 15 is 0 Å². The maximum Gasteiger partial charge on any atom is 0.401 e. The molecule has 1 aromatic rings. The molecule has 108 valence electrons. The predicted molar refractivity (Wildman–Crippen MR) is 66.8 cm³/mol. The second-order valence-corrected chi connectivity index (χ2v) is 4.12. The van der Waals surface area contributed by atoms with Crippen LogP contribution in [0.4, 0.5) is 18.9 Å². The first-order valence-electron chi connectivity index (χ1n) is 6.03. The van der Waals surface area contributed by atoms with Crippen LogP contribution in [-0.4, -0.2) is 47.4 Å². The zero-order chi connectivity index (χ0) is 14.3. The fourth-order valence-corrected chi connectivity index (χ4v) is 1.72. The Morgan fingerprint density at radius 1 is 1.42 bits per heavy atom. The Labute approximate surface area is 110 Å². The van der Waals surface area contributed by atoms with Crippen LogP contribution in [-0.2, 0) is 6.54 Å². The topological polar surface area (TPSA) is 48.4 Å². The molecule has 0 aromatic carbocycles. The Hall–Kier alpha value is -1.34. The van der Waals surface area contributed by atoms with E-state index in [-0.39, 0.29) is 19.7 Å². The summed E-state index contributed by atoms with van der Waals surface area (Å²) in [6.07, 6.45) is -2.73. The molecular formula is C12H18F3N3O. The number of aliphatic hydroxyl groups excluding tert-OH is 1. The number of aliphatic hydroxyl groups is 1. The molecule has 0 aliphatic carbocycles. The van der Waals surface area contributed by atoms with Crippen molar-refractivity contribution in [3.05, 3.63) is 24.0 Å². The highest BCUT2D eigenvalue weighted by Crippen LogP contribution is 2.18. The van der Waals surface area contributed by atoms with E-state index in [0.717, 1.165) is 17.1 Å². The molecule has 0 atom stereocenters. The van der Waals surface area contributed by atoms with Gasteiger partial charge in [0, 0.05) is 31.5 Å². The van der Waals surface area contributed by atoms with Gasteiger partial charge in [0.05, 0.1) is 18.8 Å². The van der Waals surface area contributed by atoms with E-state index in [1.54, 1.807) is 18.3 Å². The van der Waals surface area contributed by atoms with Crippen molar-refractivity contribution < 1.29 is 18.3 Å². The van der Waals surface area contributed by atoms with Gasteiger partial charge in [0.1, 0.15) is 0 Å². The maximum atomic E-state index is 12.4. The molecule has 4 nitrogen and oxygen atoms in total. The largest absolute Gasteiger partial charge is 0.401 e. The Bertz CT molecular complexity index is 385. The van der Waals surface area contributed by atoms with Crippen molar-refractivity contribution in [2.24, 2.45) is 0 Å². The van der Waals surface area contributed by atoms with E-state index in [1.165, 1.54) is 0 Å². The third-order valence-electron chi connectivity index (χ3n) is 2.40. The number of hydrogen-bond donors (Lipinski definition) is 2. The van der Waals surface area contributed by atoms with Gasteiger partial charge in [0.25, 0.3) is 0 Å². The van der Waals surface area contributed by atoms with E-state index in [9.17, 15) is 13.2 Å². The molecular weight excluding hydrogens is 259 g/mol. The van der Waals surface area contributed by atoms with Gasteiger partial charge in [-0.05, 0) is 19.1 Å². The molecule has 1 rings (SSSR count). The minimum atomic E-state index is -4.28. The molecule has 0 saturated carbocycles. The lowest BCUT2D eigenvalue weighted by atomic mass is 10.3. The number of anilines is 1. The molecule has 0 radical (unpaired) electrons. The zero-order valence-electron chi connectivity index (χ0n) is 10.7. The summed E-state index contributed by atoms with van der Waals surface area (Å²) in [5.74, 6) is 0. The summed E-state index contributed by atoms with van der Waals surface area (Å²) in [7, 11) is 0. The number of aromatic nitrogens is 1. The number of nitrogens with one attached hydrogen (secondary N) is 1. The molecule has 0 spiro atoms. The first-order chi connectivity index (χ1) is 8.94. The van der Waals surface area contributed by atoms with Gasteiger partial charge < -0.3 is 10.4 Å². The number of nitrogens with zero attached hydrogens (tertiary/aromatic N) is 2. The second kappa shape index (κ2) is 7.30. The zero-order valence-corrected chi connectivity index (χ0v) is 10.7. The first kappa shape index (κ1) is 15.7. The van der Waals surface area contributed by atoms with Gasteiger partial charge in [-0.1, -0.05) is 0 Å². The number of rotatable bonds is 7. The van der Waals surface area contributed by atoms with Gasteiger partial charge in [-0.2, -0.15) is 13.2 Å². The van der Waals surface area contributed by atoms with Gasteiger partial charge >= 0.3 is 6.18 Å². The Balaban J connectivity index is 2.69. The van der Waals surface area contributed by atoms with Crippen LogP contribution in [0.2, 0.25) is 0 Å². The van der Waals surface area contributed by atoms with Crippen molar-refractivity contribution in [2.45, 2.75) is 19.6 Å². The molecule has 0 aliphatic rings. The van der Waals surface area contributed by atoms with E-state index in [1.807, 2.05) is 6.92 Å². The van der Waals surface area contributed by atoms with Gasteiger partial charge in [0.2, 0.25) is 0 Å². The van der Waals surface area contributed by atoms with Gasteiger partial charge in [-0.15, -0.1) is 0 Å². The van der Waals surface area contributed by atoms with Crippen molar-refractivity contribution in [1.29, 1.82) is 0 Å². The van der Waals surface area contributed by atoms with Crippen molar-refractivity contribution in [2.75, 3.05) is 31.6 Å². The number of pyridine rings is 1. The van der Waals surface area contributed by atoms with Crippen LogP contribution in [0.1, 0.15) is 12.6 Å². The molecule has 7 heteroatoms. The molecule has 1 heterocycles. The lowest BCUT2D eigenvalue weighted by Gasteiger charge is -2.22. The lowest BCUT2D eigenvalue weighted by Crippen LogP contribution is -2.36. The average Bonchev–Trinajstić information content (AvgIpc) is 2.28. The molecule has 0 fully saturated rings. The van der Waals surface area contributed by atoms with Crippen LogP contribution >= 0.6 is 0 Å². The van der Waals surface area contributed by atoms with Crippen molar-refractivity contribution in [1.82, 2.24) is 9.88 Å². The smallest absolute Gasteiger partial charge is 0.395 e. The summed E-state index contributed by atoms with van der Waals surface area (Å²) in [5.41, 5.74) is 1.36. The number of alkyl halides is 3. The van der Waals surface area contributed by atoms with Crippen LogP contribution in [0.15, 0.2) is 18.3 Å². The minimum Gasteiger partial charge on any atom is -0.395 e. The quantitative estimate of drug-likeness (QED) is 0.799. The standard InChI is InChI=1S/C12H18F3N3O/c1-2-16-10-3-4-17-11(7-10)8-18(5-6-19)9-12(13,14)15/h3-4,7,19H,2,5-6,8-9H2,1H3,(H,16,17). The summed E-state index contributed by atoms with van der Waals surface area (Å²) in [5, 5.41) is 11.9. The highest BCUT2D eigenvalue weighted by atomic mass is 19.4. The Kier molecular flexibility index (Phi) is 6.04. The molecule has 0 amide bonds. The van der Waals surface area contributed by atoms with E-state index in [4.69, 9.17) is 5.11 Å². The Morgan fingerprint density at radius 3 is 2.74 bits per heavy atom. The van der Waals surface area contributed by atoms with Crippen LogP contribution < -0.4 is 5.32 Å². The van der Waals surface area contributed by atoms with Gasteiger partial charge in [0.15, 0.2) is 0 Å². The normalized spacial score (nSPS) is 11.9. The molecule has 2 N–H and O–H groups in total.